The van der Waals surface area contributed by atoms with Crippen LogP contribution in [0.25, 0.3) is 0 Å². The van der Waals surface area contributed by atoms with Gasteiger partial charge >= 0.3 is 0 Å². The molecule has 3 rings (SSSR count). The Balaban J connectivity index is 1.61. The molecule has 2 aromatic rings. The zero-order chi connectivity index (χ0) is 19.3. The van der Waals surface area contributed by atoms with E-state index in [2.05, 4.69) is 9.71 Å². The number of carbonyl (C=O) groups excluding carboxylic acids is 1. The lowest BCUT2D eigenvalue weighted by Crippen LogP contribution is -2.37. The average molecular weight is 391 g/mol. The highest BCUT2D eigenvalue weighted by Gasteiger charge is 2.19. The molecule has 0 unspecified atom stereocenters. The lowest BCUT2D eigenvalue weighted by molar-refractivity contribution is -0.129. The second-order valence-electron chi connectivity index (χ2n) is 6.00. The molecule has 0 radical (unpaired) electrons. The Labute approximate surface area is 158 Å². The third kappa shape index (κ3) is 4.95. The van der Waals surface area contributed by atoms with E-state index in [0.29, 0.717) is 31.3 Å². The third-order valence-corrected chi connectivity index (χ3v) is 5.52. The summed E-state index contributed by atoms with van der Waals surface area (Å²) < 4.78 is 38.4. The van der Waals surface area contributed by atoms with Crippen LogP contribution in [-0.2, 0) is 21.4 Å². The number of benzene rings is 1. The summed E-state index contributed by atoms with van der Waals surface area (Å²) in [4.78, 5) is 17.4. The van der Waals surface area contributed by atoms with E-state index < -0.39 is 10.0 Å². The molecule has 144 valence electrons. The van der Waals surface area contributed by atoms with Crippen LogP contribution in [0.3, 0.4) is 0 Å². The molecule has 9 heteroatoms. The van der Waals surface area contributed by atoms with E-state index in [9.17, 15) is 13.2 Å². The highest BCUT2D eigenvalue weighted by atomic mass is 32.2. The second-order valence-corrected chi connectivity index (χ2v) is 7.77. The molecule has 8 nitrogen and oxygen atoms in total. The monoisotopic (exact) mass is 391 g/mol. The van der Waals surface area contributed by atoms with E-state index >= 15 is 0 Å². The van der Waals surface area contributed by atoms with Gasteiger partial charge in [0.25, 0.3) is 0 Å². The molecule has 0 saturated heterocycles. The summed E-state index contributed by atoms with van der Waals surface area (Å²) in [5.74, 6) is 0.804. The largest absolute Gasteiger partial charge is 0.486 e. The molecule has 0 spiro atoms. The van der Waals surface area contributed by atoms with Crippen molar-refractivity contribution in [1.29, 1.82) is 0 Å². The van der Waals surface area contributed by atoms with E-state index in [1.807, 2.05) is 12.1 Å². The Kier molecular flexibility index (Phi) is 5.92. The Bertz CT molecular complexity index is 902. The van der Waals surface area contributed by atoms with Gasteiger partial charge in [-0.3, -0.25) is 9.78 Å². The van der Waals surface area contributed by atoms with Gasteiger partial charge in [-0.05, 0) is 29.8 Å². The van der Waals surface area contributed by atoms with Crippen LogP contribution in [-0.4, -0.2) is 50.5 Å². The molecule has 1 aromatic heterocycles. The molecule has 1 aliphatic rings. The summed E-state index contributed by atoms with van der Waals surface area (Å²) in [6.45, 7) is 3.02. The van der Waals surface area contributed by atoms with Crippen molar-refractivity contribution >= 4 is 15.9 Å². The molecule has 0 aliphatic carbocycles. The fraction of sp³-hybridized carbons (Fsp3) is 0.333. The molecule has 27 heavy (non-hydrogen) atoms. The van der Waals surface area contributed by atoms with Crippen molar-refractivity contribution in [2.24, 2.45) is 0 Å². The SMILES string of the molecule is CC(=O)N(CCNS(=O)(=O)c1ccc2c(c1)OCCO2)Cc1ccncc1. The standard InChI is InChI=1S/C18H21N3O5S/c1-14(22)21(13-15-4-6-19-7-5-15)9-8-20-27(23,24)16-2-3-17-18(12-16)26-11-10-25-17/h2-7,12,20H,8-11,13H2,1H3. The smallest absolute Gasteiger partial charge is 0.240 e. The van der Waals surface area contributed by atoms with E-state index in [4.69, 9.17) is 9.47 Å². The van der Waals surface area contributed by atoms with Gasteiger partial charge in [-0.25, -0.2) is 13.1 Å². The summed E-state index contributed by atoms with van der Waals surface area (Å²) in [5, 5.41) is 0. The quantitative estimate of drug-likeness (QED) is 0.761. The van der Waals surface area contributed by atoms with Gasteiger partial charge in [-0.2, -0.15) is 0 Å². The van der Waals surface area contributed by atoms with Crippen molar-refractivity contribution in [2.45, 2.75) is 18.4 Å². The first-order chi connectivity index (χ1) is 13.0. The van der Waals surface area contributed by atoms with Crippen molar-refractivity contribution in [3.8, 4) is 11.5 Å². The molecule has 1 N–H and O–H groups in total. The van der Waals surface area contributed by atoms with E-state index in [1.165, 1.54) is 19.1 Å². The fourth-order valence-corrected chi connectivity index (χ4v) is 3.68. The van der Waals surface area contributed by atoms with Crippen LogP contribution >= 0.6 is 0 Å². The maximum atomic E-state index is 12.5. The molecule has 1 amide bonds. The number of sulfonamides is 1. The highest BCUT2D eigenvalue weighted by Crippen LogP contribution is 2.32. The van der Waals surface area contributed by atoms with Crippen LogP contribution in [0, 0.1) is 0 Å². The second kappa shape index (κ2) is 8.36. The number of carbonyl (C=O) groups is 1. The lowest BCUT2D eigenvalue weighted by Gasteiger charge is -2.21. The van der Waals surface area contributed by atoms with Gasteiger partial charge in [-0.1, -0.05) is 0 Å². The predicted molar refractivity (Wildman–Crippen MR) is 97.9 cm³/mol. The number of nitrogens with one attached hydrogen (secondary N) is 1. The van der Waals surface area contributed by atoms with Crippen LogP contribution in [0.4, 0.5) is 0 Å². The van der Waals surface area contributed by atoms with Crippen molar-refractivity contribution < 1.29 is 22.7 Å². The number of amides is 1. The Morgan fingerprint density at radius 2 is 1.85 bits per heavy atom. The molecule has 0 fully saturated rings. The average Bonchev–Trinajstić information content (AvgIpc) is 2.67. The predicted octanol–water partition coefficient (Wildman–Crippen LogP) is 1.18. The molecule has 0 atom stereocenters. The number of hydrogen-bond donors (Lipinski definition) is 1. The molecular formula is C18H21N3O5S. The number of pyridine rings is 1. The molecular weight excluding hydrogens is 370 g/mol. The molecule has 0 saturated carbocycles. The maximum absolute atomic E-state index is 12.5. The first-order valence-electron chi connectivity index (χ1n) is 8.49. The first-order valence-corrected chi connectivity index (χ1v) is 9.98. The van der Waals surface area contributed by atoms with Crippen molar-refractivity contribution in [2.75, 3.05) is 26.3 Å². The van der Waals surface area contributed by atoms with Crippen molar-refractivity contribution in [3.63, 3.8) is 0 Å². The zero-order valence-electron chi connectivity index (χ0n) is 14.9. The van der Waals surface area contributed by atoms with Gasteiger partial charge in [0.15, 0.2) is 11.5 Å². The number of aromatic nitrogens is 1. The molecule has 1 aliphatic heterocycles. The first kappa shape index (κ1) is 19.1. The van der Waals surface area contributed by atoms with Crippen LogP contribution in [0.5, 0.6) is 11.5 Å². The summed E-state index contributed by atoms with van der Waals surface area (Å²) >= 11 is 0. The Hall–Kier alpha value is -2.65. The number of hydrogen-bond acceptors (Lipinski definition) is 6. The zero-order valence-corrected chi connectivity index (χ0v) is 15.7. The minimum Gasteiger partial charge on any atom is -0.486 e. The van der Waals surface area contributed by atoms with E-state index in [0.717, 1.165) is 5.56 Å². The van der Waals surface area contributed by atoms with Gasteiger partial charge in [0.2, 0.25) is 15.9 Å². The number of fused-ring (bicyclic) bond motifs is 1. The minimum atomic E-state index is -3.72. The molecule has 1 aromatic carbocycles. The van der Waals surface area contributed by atoms with E-state index in [-0.39, 0.29) is 23.9 Å². The minimum absolute atomic E-state index is 0.0928. The van der Waals surface area contributed by atoms with Gasteiger partial charge in [0.05, 0.1) is 4.90 Å². The number of rotatable bonds is 7. The van der Waals surface area contributed by atoms with Gasteiger partial charge in [0.1, 0.15) is 13.2 Å². The van der Waals surface area contributed by atoms with Crippen LogP contribution in [0.15, 0.2) is 47.6 Å². The molecule has 2 heterocycles. The van der Waals surface area contributed by atoms with Crippen molar-refractivity contribution in [3.05, 3.63) is 48.3 Å². The third-order valence-electron chi connectivity index (χ3n) is 4.07. The van der Waals surface area contributed by atoms with Crippen molar-refractivity contribution in [1.82, 2.24) is 14.6 Å². The van der Waals surface area contributed by atoms with Crippen LogP contribution < -0.4 is 14.2 Å². The fourth-order valence-electron chi connectivity index (χ4n) is 2.65. The Morgan fingerprint density at radius 1 is 1.15 bits per heavy atom. The van der Waals surface area contributed by atoms with Gasteiger partial charge in [-0.15, -0.1) is 0 Å². The van der Waals surface area contributed by atoms with E-state index in [1.54, 1.807) is 23.4 Å². The van der Waals surface area contributed by atoms with Gasteiger partial charge < -0.3 is 14.4 Å². The normalized spacial score (nSPS) is 13.2. The number of ether oxygens (including phenoxy) is 2. The summed E-state index contributed by atoms with van der Waals surface area (Å²) in [7, 11) is -3.72. The summed E-state index contributed by atoms with van der Waals surface area (Å²) in [5.41, 5.74) is 0.926. The summed E-state index contributed by atoms with van der Waals surface area (Å²) in [6.07, 6.45) is 3.30. The molecule has 0 bridgehead atoms. The Morgan fingerprint density at radius 3 is 2.56 bits per heavy atom. The lowest BCUT2D eigenvalue weighted by atomic mass is 10.2. The maximum Gasteiger partial charge on any atom is 0.240 e. The summed E-state index contributed by atoms with van der Waals surface area (Å²) in [6, 6.07) is 8.12. The highest BCUT2D eigenvalue weighted by molar-refractivity contribution is 7.89. The van der Waals surface area contributed by atoms with Crippen LogP contribution in [0.2, 0.25) is 0 Å². The number of nitrogens with zero attached hydrogens (tertiary/aromatic N) is 2. The van der Waals surface area contributed by atoms with Crippen LogP contribution in [0.1, 0.15) is 12.5 Å². The topological polar surface area (TPSA) is 97.8 Å². The van der Waals surface area contributed by atoms with Gasteiger partial charge in [0, 0.05) is 45.0 Å².